The van der Waals surface area contributed by atoms with Gasteiger partial charge < -0.3 is 4.74 Å². The van der Waals surface area contributed by atoms with E-state index in [1.807, 2.05) is 11.0 Å². The van der Waals surface area contributed by atoms with E-state index in [9.17, 15) is 4.79 Å². The summed E-state index contributed by atoms with van der Waals surface area (Å²) < 4.78 is 7.17. The number of rotatable bonds is 7. The molecule has 0 aliphatic carbocycles. The smallest absolute Gasteiger partial charge is 0.270 e. The Hall–Kier alpha value is -1.51. The molecule has 0 saturated carbocycles. The molecule has 1 fully saturated rings. The van der Waals surface area contributed by atoms with Crippen LogP contribution in [0.5, 0.6) is 0 Å². The minimum Gasteiger partial charge on any atom is -0.379 e. The maximum absolute atomic E-state index is 13.3. The number of nitrogens with zero attached hydrogens (tertiary/aromatic N) is 3. The first-order valence-corrected chi connectivity index (χ1v) is 11.9. The van der Waals surface area contributed by atoms with Crippen LogP contribution in [0.15, 0.2) is 30.3 Å². The quantitative estimate of drug-likeness (QED) is 0.512. The predicted molar refractivity (Wildman–Crippen MR) is 122 cm³/mol. The zero-order chi connectivity index (χ0) is 20.2. The van der Waals surface area contributed by atoms with E-state index in [4.69, 9.17) is 21.3 Å². The number of hydrogen-bond acceptors (Lipinski definition) is 6. The highest BCUT2D eigenvalue weighted by molar-refractivity contribution is 7.22. The van der Waals surface area contributed by atoms with E-state index < -0.39 is 0 Å². The number of ether oxygens (including phenoxy) is 1. The van der Waals surface area contributed by atoms with Gasteiger partial charge in [0.05, 0.1) is 32.6 Å². The van der Waals surface area contributed by atoms with Crippen molar-refractivity contribution in [3.05, 3.63) is 45.1 Å². The lowest BCUT2D eigenvalue weighted by Crippen LogP contribution is -2.39. The number of anilines is 1. The van der Waals surface area contributed by atoms with Crippen molar-refractivity contribution in [2.24, 2.45) is 0 Å². The van der Waals surface area contributed by atoms with E-state index in [1.165, 1.54) is 16.9 Å². The molecular formula is C21H24ClN3O2S2. The summed E-state index contributed by atoms with van der Waals surface area (Å²) in [5, 5.41) is 0.754. The van der Waals surface area contributed by atoms with Crippen molar-refractivity contribution in [2.45, 2.75) is 19.8 Å². The second-order valence-electron chi connectivity index (χ2n) is 7.02. The summed E-state index contributed by atoms with van der Waals surface area (Å²) in [7, 11) is 0. The first-order valence-electron chi connectivity index (χ1n) is 9.91. The maximum atomic E-state index is 13.3. The van der Waals surface area contributed by atoms with Crippen LogP contribution in [0.25, 0.3) is 10.2 Å². The molecular weight excluding hydrogens is 426 g/mol. The molecule has 0 N–H and O–H groups in total. The average Bonchev–Trinajstić information content (AvgIpc) is 3.37. The molecule has 1 aromatic carbocycles. The fraction of sp³-hybridized carbons (Fsp3) is 0.429. The second-order valence-corrected chi connectivity index (χ2v) is 9.74. The molecule has 5 nitrogen and oxygen atoms in total. The van der Waals surface area contributed by atoms with Crippen molar-refractivity contribution in [2.75, 3.05) is 44.3 Å². The zero-order valence-electron chi connectivity index (χ0n) is 16.4. The Morgan fingerprint density at radius 3 is 2.79 bits per heavy atom. The Kier molecular flexibility index (Phi) is 6.82. The molecule has 8 heteroatoms. The highest BCUT2D eigenvalue weighted by atomic mass is 35.5. The van der Waals surface area contributed by atoms with E-state index in [-0.39, 0.29) is 5.91 Å². The number of thiazole rings is 1. The van der Waals surface area contributed by atoms with Crippen LogP contribution in [0.4, 0.5) is 5.13 Å². The molecule has 29 heavy (non-hydrogen) atoms. The number of halogens is 1. The van der Waals surface area contributed by atoms with Crippen LogP contribution in [0, 0.1) is 0 Å². The normalized spacial score (nSPS) is 15.1. The molecule has 1 amide bonds. The van der Waals surface area contributed by atoms with Gasteiger partial charge in [-0.1, -0.05) is 35.9 Å². The number of morpholine rings is 1. The minimum absolute atomic E-state index is 0.0290. The molecule has 2 aromatic heterocycles. The summed E-state index contributed by atoms with van der Waals surface area (Å²) in [4.78, 5) is 22.9. The third-order valence-corrected chi connectivity index (χ3v) is 7.33. The Labute approximate surface area is 183 Å². The van der Waals surface area contributed by atoms with Gasteiger partial charge in [0.1, 0.15) is 0 Å². The number of carbonyl (C=O) groups is 1. The Morgan fingerprint density at radius 2 is 2.07 bits per heavy atom. The Bertz CT molecular complexity index is 981. The fourth-order valence-electron chi connectivity index (χ4n) is 3.42. The van der Waals surface area contributed by atoms with E-state index in [2.05, 4.69) is 24.0 Å². The molecule has 0 unspecified atom stereocenters. The molecule has 154 valence electrons. The van der Waals surface area contributed by atoms with Crippen molar-refractivity contribution in [3.8, 4) is 0 Å². The van der Waals surface area contributed by atoms with Gasteiger partial charge >= 0.3 is 0 Å². The van der Waals surface area contributed by atoms with Gasteiger partial charge in [0.25, 0.3) is 5.91 Å². The highest BCUT2D eigenvalue weighted by Crippen LogP contribution is 2.32. The number of benzene rings is 1. The monoisotopic (exact) mass is 449 g/mol. The lowest BCUT2D eigenvalue weighted by molar-refractivity contribution is 0.0376. The van der Waals surface area contributed by atoms with Crippen LogP contribution in [-0.2, 0) is 11.2 Å². The molecule has 3 aromatic rings. The lowest BCUT2D eigenvalue weighted by Gasteiger charge is -2.27. The molecule has 4 rings (SSSR count). The first-order chi connectivity index (χ1) is 14.1. The highest BCUT2D eigenvalue weighted by Gasteiger charge is 2.23. The molecule has 0 spiro atoms. The van der Waals surface area contributed by atoms with Crippen molar-refractivity contribution in [1.82, 2.24) is 9.88 Å². The Balaban J connectivity index is 1.56. The number of carbonyl (C=O) groups excluding carboxylic acids is 1. The third-order valence-electron chi connectivity index (χ3n) is 5.07. The second kappa shape index (κ2) is 9.53. The minimum atomic E-state index is -0.0290. The summed E-state index contributed by atoms with van der Waals surface area (Å²) in [6.07, 6.45) is 1.88. The summed E-state index contributed by atoms with van der Waals surface area (Å²) in [5.74, 6) is -0.0290. The van der Waals surface area contributed by atoms with Crippen molar-refractivity contribution < 1.29 is 9.53 Å². The largest absolute Gasteiger partial charge is 0.379 e. The van der Waals surface area contributed by atoms with E-state index in [1.54, 1.807) is 23.5 Å². The average molecular weight is 450 g/mol. The van der Waals surface area contributed by atoms with Gasteiger partial charge in [0.2, 0.25) is 0 Å². The van der Waals surface area contributed by atoms with Gasteiger partial charge in [0, 0.05) is 26.2 Å². The molecule has 3 heterocycles. The number of aromatic nitrogens is 1. The van der Waals surface area contributed by atoms with Crippen LogP contribution in [0.1, 0.15) is 28.6 Å². The lowest BCUT2D eigenvalue weighted by atomic mass is 10.2. The van der Waals surface area contributed by atoms with Crippen LogP contribution in [-0.4, -0.2) is 55.2 Å². The van der Waals surface area contributed by atoms with Crippen LogP contribution < -0.4 is 4.90 Å². The summed E-state index contributed by atoms with van der Waals surface area (Å²) in [6.45, 7) is 7.20. The molecule has 1 aliphatic rings. The van der Waals surface area contributed by atoms with E-state index in [0.29, 0.717) is 15.8 Å². The number of fused-ring (bicyclic) bond motifs is 1. The molecule has 1 saturated heterocycles. The number of amides is 1. The van der Waals surface area contributed by atoms with E-state index >= 15 is 0 Å². The van der Waals surface area contributed by atoms with Crippen LogP contribution >= 0.6 is 34.3 Å². The maximum Gasteiger partial charge on any atom is 0.270 e. The first kappa shape index (κ1) is 20.8. The standard InChI is InChI=1S/C21H24ClN3O2S2/c1-2-15-4-5-16-18(14-15)29-21(23-16)25(20(26)17-6-7-19(22)28-17)9-3-8-24-10-12-27-13-11-24/h4-7,14H,2-3,8-13H2,1H3. The summed E-state index contributed by atoms with van der Waals surface area (Å²) >= 11 is 8.98. The van der Waals surface area contributed by atoms with Gasteiger partial charge in [-0.2, -0.15) is 0 Å². The molecule has 0 radical (unpaired) electrons. The van der Waals surface area contributed by atoms with E-state index in [0.717, 1.165) is 61.0 Å². The fourth-order valence-corrected chi connectivity index (χ4v) is 5.46. The Morgan fingerprint density at radius 1 is 1.24 bits per heavy atom. The summed E-state index contributed by atoms with van der Waals surface area (Å²) in [5.41, 5.74) is 2.22. The van der Waals surface area contributed by atoms with Crippen molar-refractivity contribution in [3.63, 3.8) is 0 Å². The van der Waals surface area contributed by atoms with Gasteiger partial charge in [0.15, 0.2) is 5.13 Å². The van der Waals surface area contributed by atoms with Gasteiger partial charge in [-0.05, 0) is 42.7 Å². The number of thiophene rings is 1. The predicted octanol–water partition coefficient (Wildman–Crippen LogP) is 4.94. The summed E-state index contributed by atoms with van der Waals surface area (Å²) in [6, 6.07) is 9.90. The third kappa shape index (κ3) is 4.98. The zero-order valence-corrected chi connectivity index (χ0v) is 18.8. The SMILES string of the molecule is CCc1ccc2nc(N(CCCN3CCOCC3)C(=O)c3ccc(Cl)s3)sc2c1. The molecule has 0 atom stereocenters. The molecule has 0 bridgehead atoms. The molecule has 1 aliphatic heterocycles. The van der Waals surface area contributed by atoms with Crippen molar-refractivity contribution in [1.29, 1.82) is 0 Å². The van der Waals surface area contributed by atoms with Gasteiger partial charge in [-0.3, -0.25) is 14.6 Å². The number of hydrogen-bond donors (Lipinski definition) is 0. The van der Waals surface area contributed by atoms with Gasteiger partial charge in [-0.25, -0.2) is 4.98 Å². The van der Waals surface area contributed by atoms with Crippen molar-refractivity contribution >= 4 is 55.5 Å². The van der Waals surface area contributed by atoms with Crippen LogP contribution in [0.3, 0.4) is 0 Å². The number of aryl methyl sites for hydroxylation is 1. The topological polar surface area (TPSA) is 45.7 Å². The van der Waals surface area contributed by atoms with Gasteiger partial charge in [-0.15, -0.1) is 11.3 Å². The van der Waals surface area contributed by atoms with Crippen LogP contribution in [0.2, 0.25) is 4.34 Å².